The van der Waals surface area contributed by atoms with Gasteiger partial charge in [0, 0.05) is 5.54 Å². The minimum Gasteiger partial charge on any atom is -0.321 e. The lowest BCUT2D eigenvalue weighted by Gasteiger charge is -2.30. The van der Waals surface area contributed by atoms with E-state index in [1.807, 2.05) is 24.3 Å². The number of rotatable bonds is 2. The molecule has 2 fully saturated rings. The number of halogens is 1. The minimum atomic E-state index is -1.10. The fourth-order valence-corrected chi connectivity index (χ4v) is 2.93. The average molecular weight is 233 g/mol. The number of benzene rings is 1. The van der Waals surface area contributed by atoms with Crippen LogP contribution in [0.4, 0.5) is 4.39 Å². The Morgan fingerprint density at radius 2 is 1.59 bits per heavy atom. The van der Waals surface area contributed by atoms with Crippen molar-refractivity contribution in [2.24, 2.45) is 5.73 Å². The molecule has 0 spiro atoms. The molecule has 1 aromatic rings. The van der Waals surface area contributed by atoms with E-state index in [9.17, 15) is 4.39 Å². The van der Waals surface area contributed by atoms with Crippen molar-refractivity contribution in [3.63, 3.8) is 0 Å². The van der Waals surface area contributed by atoms with Gasteiger partial charge in [0.05, 0.1) is 0 Å². The Morgan fingerprint density at radius 1 is 0.941 bits per heavy atom. The van der Waals surface area contributed by atoms with E-state index in [-0.39, 0.29) is 5.54 Å². The molecule has 1 aromatic carbocycles. The van der Waals surface area contributed by atoms with Crippen LogP contribution in [0.2, 0.25) is 0 Å². The summed E-state index contributed by atoms with van der Waals surface area (Å²) in [6.07, 6.45) is 6.61. The van der Waals surface area contributed by atoms with Crippen LogP contribution in [0.15, 0.2) is 24.3 Å². The predicted molar refractivity (Wildman–Crippen MR) is 67.4 cm³/mol. The van der Waals surface area contributed by atoms with Gasteiger partial charge in [-0.25, -0.2) is 4.39 Å². The maximum Gasteiger partial charge on any atom is 0.136 e. The van der Waals surface area contributed by atoms with Gasteiger partial charge >= 0.3 is 0 Å². The van der Waals surface area contributed by atoms with Crippen LogP contribution >= 0.6 is 0 Å². The Labute approximate surface area is 102 Å². The first-order valence-electron chi connectivity index (χ1n) is 6.71. The highest BCUT2D eigenvalue weighted by Crippen LogP contribution is 2.46. The van der Waals surface area contributed by atoms with Gasteiger partial charge in [-0.2, -0.15) is 0 Å². The van der Waals surface area contributed by atoms with Crippen LogP contribution in [0.3, 0.4) is 0 Å². The van der Waals surface area contributed by atoms with Gasteiger partial charge in [0.15, 0.2) is 0 Å². The molecule has 2 N–H and O–H groups in total. The van der Waals surface area contributed by atoms with E-state index in [4.69, 9.17) is 5.73 Å². The monoisotopic (exact) mass is 233 g/mol. The normalized spacial score (nSPS) is 25.5. The highest BCUT2D eigenvalue weighted by atomic mass is 19.1. The summed E-state index contributed by atoms with van der Waals surface area (Å²) in [4.78, 5) is 0. The van der Waals surface area contributed by atoms with Gasteiger partial charge in [-0.15, -0.1) is 0 Å². The summed E-state index contributed by atoms with van der Waals surface area (Å²) in [5.74, 6) is 0. The minimum absolute atomic E-state index is 0.152. The second-order valence-electron chi connectivity index (χ2n) is 5.76. The van der Waals surface area contributed by atoms with Crippen molar-refractivity contribution in [2.75, 3.05) is 0 Å². The molecule has 1 nitrogen and oxygen atoms in total. The molecule has 0 unspecified atom stereocenters. The second-order valence-corrected chi connectivity index (χ2v) is 5.76. The third kappa shape index (κ3) is 1.99. The zero-order valence-corrected chi connectivity index (χ0v) is 10.2. The standard InChI is InChI=1S/C15H20FN/c16-14(7-2-1-3-8-14)12-5-4-6-13(11-12)15(17)9-10-15/h4-6,11H,1-3,7-10,17H2. The Bertz CT molecular complexity index is 417. The highest BCUT2D eigenvalue weighted by Gasteiger charge is 2.41. The fraction of sp³-hybridized carbons (Fsp3) is 0.600. The van der Waals surface area contributed by atoms with Gasteiger partial charge in [0.2, 0.25) is 0 Å². The molecule has 0 saturated heterocycles. The molecule has 2 saturated carbocycles. The Hall–Kier alpha value is -0.890. The molecule has 0 heterocycles. The van der Waals surface area contributed by atoms with Crippen LogP contribution in [-0.2, 0) is 11.2 Å². The molecule has 3 rings (SSSR count). The van der Waals surface area contributed by atoms with Gasteiger partial charge in [-0.05, 0) is 49.7 Å². The molecule has 0 radical (unpaired) electrons. The van der Waals surface area contributed by atoms with Crippen LogP contribution in [0.1, 0.15) is 56.1 Å². The topological polar surface area (TPSA) is 26.0 Å². The Balaban J connectivity index is 1.92. The summed E-state index contributed by atoms with van der Waals surface area (Å²) >= 11 is 0. The van der Waals surface area contributed by atoms with Crippen LogP contribution in [0, 0.1) is 0 Å². The maximum atomic E-state index is 14.9. The van der Waals surface area contributed by atoms with E-state index in [2.05, 4.69) is 0 Å². The summed E-state index contributed by atoms with van der Waals surface area (Å²) in [5.41, 5.74) is 6.91. The number of alkyl halides is 1. The third-order valence-electron chi connectivity index (χ3n) is 4.39. The van der Waals surface area contributed by atoms with E-state index in [1.165, 1.54) is 6.42 Å². The van der Waals surface area contributed by atoms with Crippen LogP contribution in [0.25, 0.3) is 0 Å². The summed E-state index contributed by atoms with van der Waals surface area (Å²) in [6, 6.07) is 7.95. The SMILES string of the molecule is NC1(c2cccc(C3(F)CCCCC3)c2)CC1. The predicted octanol–water partition coefficient (Wildman–Crippen LogP) is 3.76. The first-order chi connectivity index (χ1) is 8.12. The van der Waals surface area contributed by atoms with Crippen molar-refractivity contribution in [2.45, 2.75) is 56.2 Å². The molecule has 2 aliphatic carbocycles. The summed E-state index contributed by atoms with van der Waals surface area (Å²) in [6.45, 7) is 0. The molecule has 17 heavy (non-hydrogen) atoms. The fourth-order valence-electron chi connectivity index (χ4n) is 2.93. The molecule has 0 atom stereocenters. The molecule has 0 amide bonds. The van der Waals surface area contributed by atoms with E-state index < -0.39 is 5.67 Å². The molecule has 0 bridgehead atoms. The molecule has 2 heteroatoms. The lowest BCUT2D eigenvalue weighted by molar-refractivity contribution is 0.106. The van der Waals surface area contributed by atoms with Crippen molar-refractivity contribution in [1.82, 2.24) is 0 Å². The summed E-state index contributed by atoms with van der Waals surface area (Å²) in [5, 5.41) is 0. The first kappa shape index (κ1) is 11.2. The average Bonchev–Trinajstić information content (AvgIpc) is 3.10. The van der Waals surface area contributed by atoms with Crippen molar-refractivity contribution in [3.8, 4) is 0 Å². The van der Waals surface area contributed by atoms with Crippen molar-refractivity contribution >= 4 is 0 Å². The van der Waals surface area contributed by atoms with Gasteiger partial charge < -0.3 is 5.73 Å². The van der Waals surface area contributed by atoms with Crippen LogP contribution < -0.4 is 5.73 Å². The lowest BCUT2D eigenvalue weighted by Crippen LogP contribution is -2.25. The Morgan fingerprint density at radius 3 is 2.24 bits per heavy atom. The highest BCUT2D eigenvalue weighted by molar-refractivity contribution is 5.36. The largest absolute Gasteiger partial charge is 0.321 e. The molecular weight excluding hydrogens is 213 g/mol. The van der Waals surface area contributed by atoms with Gasteiger partial charge in [-0.1, -0.05) is 30.7 Å². The summed E-state index contributed by atoms with van der Waals surface area (Å²) < 4.78 is 14.9. The lowest BCUT2D eigenvalue weighted by atomic mass is 9.80. The summed E-state index contributed by atoms with van der Waals surface area (Å²) in [7, 11) is 0. The zero-order chi connectivity index (χ0) is 11.9. The van der Waals surface area contributed by atoms with E-state index in [1.54, 1.807) is 0 Å². The van der Waals surface area contributed by atoms with Gasteiger partial charge in [0.25, 0.3) is 0 Å². The molecule has 0 aliphatic heterocycles. The smallest absolute Gasteiger partial charge is 0.136 e. The maximum absolute atomic E-state index is 14.9. The quantitative estimate of drug-likeness (QED) is 0.827. The van der Waals surface area contributed by atoms with Gasteiger partial charge in [0.1, 0.15) is 5.67 Å². The number of hydrogen-bond donors (Lipinski definition) is 1. The second kappa shape index (κ2) is 3.81. The van der Waals surface area contributed by atoms with Crippen molar-refractivity contribution < 1.29 is 4.39 Å². The van der Waals surface area contributed by atoms with Crippen LogP contribution in [-0.4, -0.2) is 0 Å². The Kier molecular flexibility index (Phi) is 2.51. The van der Waals surface area contributed by atoms with Crippen molar-refractivity contribution in [3.05, 3.63) is 35.4 Å². The zero-order valence-electron chi connectivity index (χ0n) is 10.2. The van der Waals surface area contributed by atoms with E-state index in [0.29, 0.717) is 12.8 Å². The molecular formula is C15H20FN. The molecule has 92 valence electrons. The molecule has 0 aromatic heterocycles. The van der Waals surface area contributed by atoms with Crippen LogP contribution in [0.5, 0.6) is 0 Å². The van der Waals surface area contributed by atoms with Crippen molar-refractivity contribution in [1.29, 1.82) is 0 Å². The number of hydrogen-bond acceptors (Lipinski definition) is 1. The third-order valence-corrected chi connectivity index (χ3v) is 4.39. The molecule has 2 aliphatic rings. The van der Waals surface area contributed by atoms with E-state index in [0.717, 1.165) is 36.8 Å². The van der Waals surface area contributed by atoms with E-state index >= 15 is 0 Å². The first-order valence-corrected chi connectivity index (χ1v) is 6.71. The number of nitrogens with two attached hydrogens (primary N) is 1. The van der Waals surface area contributed by atoms with Gasteiger partial charge in [-0.3, -0.25) is 0 Å².